The fraction of sp³-hybridized carbons (Fsp3) is 0.500. The van der Waals surface area contributed by atoms with Crippen molar-refractivity contribution < 1.29 is 9.53 Å². The molecule has 3 N–H and O–H groups in total. The summed E-state index contributed by atoms with van der Waals surface area (Å²) in [5.41, 5.74) is 0. The van der Waals surface area contributed by atoms with Gasteiger partial charge in [-0.15, -0.1) is 0 Å². The summed E-state index contributed by atoms with van der Waals surface area (Å²) in [6.45, 7) is 0. The van der Waals surface area contributed by atoms with Crippen LogP contribution in [-0.4, -0.2) is 12.4 Å². The van der Waals surface area contributed by atoms with E-state index in [1.807, 2.05) is 0 Å². The molecule has 0 aromatic carbocycles. The van der Waals surface area contributed by atoms with E-state index < -0.39 is 5.30 Å². The van der Waals surface area contributed by atoms with Crippen molar-refractivity contribution in [3.63, 3.8) is 0 Å². The van der Waals surface area contributed by atoms with Crippen molar-refractivity contribution in [3.05, 3.63) is 0 Å². The Balaban J connectivity index is 3.00. The van der Waals surface area contributed by atoms with Gasteiger partial charge in [-0.3, -0.25) is 5.84 Å². The van der Waals surface area contributed by atoms with Gasteiger partial charge < -0.3 is 4.74 Å². The number of rotatable bonds is 1. The van der Waals surface area contributed by atoms with E-state index in [0.717, 1.165) is 0 Å². The van der Waals surface area contributed by atoms with Crippen LogP contribution in [0.3, 0.4) is 0 Å². The highest BCUT2D eigenvalue weighted by Crippen LogP contribution is 1.92. The molecule has 0 radical (unpaired) electrons. The first-order chi connectivity index (χ1) is 3.31. The molecule has 0 aliphatic carbocycles. The fourth-order valence-corrected chi connectivity index (χ4v) is 0.269. The molecule has 0 bridgehead atoms. The molecule has 0 heterocycles. The maximum atomic E-state index is 10.0. The number of methoxy groups -OCH3 is 1. The van der Waals surface area contributed by atoms with Gasteiger partial charge in [-0.2, -0.15) is 4.83 Å². The lowest BCUT2D eigenvalue weighted by Crippen LogP contribution is -2.14. The van der Waals surface area contributed by atoms with E-state index in [1.54, 1.807) is 0 Å². The zero-order valence-corrected chi connectivity index (χ0v) is 4.62. The monoisotopic (exact) mass is 122 g/mol. The standard InChI is InChI=1S/C2H6N2O2S/c1-6-2(5)7-4-3/h4H,3H2,1H3. The molecule has 0 aliphatic heterocycles. The molecule has 0 atom stereocenters. The second-order valence-electron chi connectivity index (χ2n) is 0.674. The van der Waals surface area contributed by atoms with E-state index in [2.05, 4.69) is 9.57 Å². The predicted octanol–water partition coefficient (Wildman–Crippen LogP) is -0.136. The maximum Gasteiger partial charge on any atom is 0.383 e. The van der Waals surface area contributed by atoms with Gasteiger partial charge in [0.25, 0.3) is 0 Å². The van der Waals surface area contributed by atoms with Crippen LogP contribution in [0.2, 0.25) is 0 Å². The van der Waals surface area contributed by atoms with Crippen molar-refractivity contribution in [1.29, 1.82) is 0 Å². The smallest absolute Gasteiger partial charge is 0.383 e. The van der Waals surface area contributed by atoms with Gasteiger partial charge in [0, 0.05) is 0 Å². The molecule has 0 unspecified atom stereocenters. The van der Waals surface area contributed by atoms with E-state index >= 15 is 0 Å². The zero-order chi connectivity index (χ0) is 5.70. The lowest BCUT2D eigenvalue weighted by molar-refractivity contribution is 0.200. The average Bonchev–Trinajstić information content (AvgIpc) is 1.68. The predicted molar refractivity (Wildman–Crippen MR) is 27.3 cm³/mol. The molecular weight excluding hydrogens is 116 g/mol. The van der Waals surface area contributed by atoms with Crippen LogP contribution in [0.1, 0.15) is 0 Å². The van der Waals surface area contributed by atoms with Crippen molar-refractivity contribution in [1.82, 2.24) is 4.83 Å². The highest BCUT2D eigenvalue weighted by Gasteiger charge is 1.94. The molecule has 7 heavy (non-hydrogen) atoms. The van der Waals surface area contributed by atoms with Gasteiger partial charge in [-0.1, -0.05) is 0 Å². The minimum absolute atomic E-state index is 0.442. The molecule has 0 amide bonds. The Morgan fingerprint density at radius 3 is 2.71 bits per heavy atom. The molecule has 0 aliphatic rings. The van der Waals surface area contributed by atoms with Crippen LogP contribution in [0.4, 0.5) is 4.79 Å². The van der Waals surface area contributed by atoms with Gasteiger partial charge in [0.1, 0.15) is 0 Å². The van der Waals surface area contributed by atoms with Crippen molar-refractivity contribution >= 4 is 17.2 Å². The largest absolute Gasteiger partial charge is 0.460 e. The van der Waals surface area contributed by atoms with E-state index in [9.17, 15) is 4.79 Å². The lowest BCUT2D eigenvalue weighted by Gasteiger charge is -1.91. The minimum atomic E-state index is -0.442. The summed E-state index contributed by atoms with van der Waals surface area (Å²) in [4.78, 5) is 12.1. The number of hydrogen-bond acceptors (Lipinski definition) is 5. The number of nitrogens with one attached hydrogen (secondary N) is 1. The Labute approximate surface area is 45.5 Å². The summed E-state index contributed by atoms with van der Waals surface area (Å²) in [5.74, 6) is 4.72. The van der Waals surface area contributed by atoms with Crippen LogP contribution >= 0.6 is 11.9 Å². The van der Waals surface area contributed by atoms with Crippen LogP contribution in [-0.2, 0) is 4.74 Å². The average molecular weight is 122 g/mol. The Morgan fingerprint density at radius 2 is 2.57 bits per heavy atom. The summed E-state index contributed by atoms with van der Waals surface area (Å²) in [7, 11) is 1.28. The Bertz CT molecular complexity index is 66.7. The third-order valence-electron chi connectivity index (χ3n) is 0.309. The molecular formula is C2H6N2O2S. The third-order valence-corrected chi connectivity index (χ3v) is 0.760. The minimum Gasteiger partial charge on any atom is -0.460 e. The number of hydrogen-bond donors (Lipinski definition) is 2. The third kappa shape index (κ3) is 3.57. The number of carbonyl (C=O) groups is 1. The van der Waals surface area contributed by atoms with Crippen molar-refractivity contribution in [3.8, 4) is 0 Å². The van der Waals surface area contributed by atoms with E-state index in [1.165, 1.54) is 7.11 Å². The van der Waals surface area contributed by atoms with E-state index in [-0.39, 0.29) is 0 Å². The molecule has 0 saturated heterocycles. The first-order valence-electron chi connectivity index (χ1n) is 1.51. The van der Waals surface area contributed by atoms with Crippen LogP contribution in [0.15, 0.2) is 0 Å². The summed E-state index contributed by atoms with van der Waals surface area (Å²) in [5, 5.41) is -0.442. The summed E-state index contributed by atoms with van der Waals surface area (Å²) in [6.07, 6.45) is 0. The van der Waals surface area contributed by atoms with Gasteiger partial charge in [0.05, 0.1) is 19.1 Å². The topological polar surface area (TPSA) is 64.3 Å². The highest BCUT2D eigenvalue weighted by molar-refractivity contribution is 8.11. The number of hydrazine groups is 1. The number of carbonyl (C=O) groups excluding carboxylic acids is 1. The Morgan fingerprint density at radius 1 is 2.00 bits per heavy atom. The van der Waals surface area contributed by atoms with Crippen LogP contribution in [0.5, 0.6) is 0 Å². The SMILES string of the molecule is COC(=O)SNN. The zero-order valence-electron chi connectivity index (χ0n) is 3.80. The number of ether oxygens (including phenoxy) is 1. The van der Waals surface area contributed by atoms with Gasteiger partial charge in [0.2, 0.25) is 0 Å². The summed E-state index contributed by atoms with van der Waals surface area (Å²) >= 11 is 0.698. The molecule has 0 rings (SSSR count). The molecule has 0 saturated carbocycles. The summed E-state index contributed by atoms with van der Waals surface area (Å²) in [6, 6.07) is 0. The van der Waals surface area contributed by atoms with Crippen LogP contribution in [0.25, 0.3) is 0 Å². The first kappa shape index (κ1) is 6.74. The van der Waals surface area contributed by atoms with E-state index in [0.29, 0.717) is 11.9 Å². The first-order valence-corrected chi connectivity index (χ1v) is 2.33. The van der Waals surface area contributed by atoms with E-state index in [4.69, 9.17) is 5.84 Å². The van der Waals surface area contributed by atoms with Gasteiger partial charge in [-0.25, -0.2) is 4.79 Å². The van der Waals surface area contributed by atoms with Gasteiger partial charge in [0.15, 0.2) is 0 Å². The second kappa shape index (κ2) is 3.91. The van der Waals surface area contributed by atoms with Gasteiger partial charge >= 0.3 is 5.30 Å². The quantitative estimate of drug-likeness (QED) is 0.219. The highest BCUT2D eigenvalue weighted by atomic mass is 32.2. The molecule has 42 valence electrons. The summed E-state index contributed by atoms with van der Waals surface area (Å²) < 4.78 is 4.17. The molecule has 4 nitrogen and oxygen atoms in total. The van der Waals surface area contributed by atoms with Gasteiger partial charge in [-0.05, 0) is 0 Å². The maximum absolute atomic E-state index is 10.0. The van der Waals surface area contributed by atoms with Crippen molar-refractivity contribution in [2.45, 2.75) is 0 Å². The molecule has 0 aromatic rings. The number of nitrogens with two attached hydrogens (primary N) is 1. The van der Waals surface area contributed by atoms with Crippen LogP contribution in [0, 0.1) is 0 Å². The Hall–Kier alpha value is -0.260. The van der Waals surface area contributed by atoms with Crippen LogP contribution < -0.4 is 10.7 Å². The normalized spacial score (nSPS) is 8.29. The Kier molecular flexibility index (Phi) is 3.77. The molecule has 5 heteroatoms. The van der Waals surface area contributed by atoms with Crippen molar-refractivity contribution in [2.24, 2.45) is 5.84 Å². The fourth-order valence-electron chi connectivity index (χ4n) is 0.0898. The molecule has 0 aromatic heterocycles. The lowest BCUT2D eigenvalue weighted by atomic mass is 11.5. The second-order valence-corrected chi connectivity index (χ2v) is 1.45. The van der Waals surface area contributed by atoms with Crippen molar-refractivity contribution in [2.75, 3.05) is 7.11 Å². The molecule has 0 fully saturated rings. The molecule has 0 spiro atoms.